The molecule has 0 aliphatic carbocycles. The highest BCUT2D eigenvalue weighted by atomic mass is 32.2. The molecule has 2 rings (SSSR count). The van der Waals surface area contributed by atoms with Gasteiger partial charge < -0.3 is 10.5 Å². The van der Waals surface area contributed by atoms with Gasteiger partial charge in [0.05, 0.1) is 11.5 Å². The number of hydrogen-bond acceptors (Lipinski definition) is 4. The van der Waals surface area contributed by atoms with E-state index in [1.54, 1.807) is 6.07 Å². The summed E-state index contributed by atoms with van der Waals surface area (Å²) < 4.78 is 42.0. The van der Waals surface area contributed by atoms with Gasteiger partial charge in [-0.1, -0.05) is 6.92 Å². The first kappa shape index (κ1) is 15.3. The zero-order chi connectivity index (χ0) is 14.8. The third kappa shape index (κ3) is 3.93. The molecule has 1 heterocycles. The normalized spacial score (nSPS) is 22.6. The molecule has 6 heteroatoms. The Morgan fingerprint density at radius 2 is 2.25 bits per heavy atom. The summed E-state index contributed by atoms with van der Waals surface area (Å²) in [6.45, 7) is 1.97. The lowest BCUT2D eigenvalue weighted by Gasteiger charge is -2.17. The van der Waals surface area contributed by atoms with Gasteiger partial charge in [0, 0.05) is 6.04 Å². The first-order valence-electron chi connectivity index (χ1n) is 6.80. The molecule has 20 heavy (non-hydrogen) atoms. The summed E-state index contributed by atoms with van der Waals surface area (Å²) >= 11 is 0. The van der Waals surface area contributed by atoms with E-state index in [1.165, 1.54) is 12.1 Å². The van der Waals surface area contributed by atoms with Crippen LogP contribution in [-0.4, -0.2) is 32.1 Å². The van der Waals surface area contributed by atoms with Crippen LogP contribution in [0.2, 0.25) is 0 Å². The molecule has 1 aliphatic heterocycles. The Kier molecular flexibility index (Phi) is 4.65. The third-order valence-corrected chi connectivity index (χ3v) is 5.25. The molecule has 0 aromatic heterocycles. The Labute approximate surface area is 119 Å². The molecule has 1 aliphatic rings. The van der Waals surface area contributed by atoms with E-state index in [2.05, 4.69) is 0 Å². The Morgan fingerprint density at radius 1 is 1.50 bits per heavy atom. The van der Waals surface area contributed by atoms with Gasteiger partial charge in [-0.15, -0.1) is 0 Å². The summed E-state index contributed by atoms with van der Waals surface area (Å²) in [7, 11) is -2.99. The summed E-state index contributed by atoms with van der Waals surface area (Å²) in [5.41, 5.74) is 6.60. The molecule has 4 nitrogen and oxygen atoms in total. The predicted octanol–water partition coefficient (Wildman–Crippen LogP) is 1.67. The smallest absolute Gasteiger partial charge is 0.154 e. The van der Waals surface area contributed by atoms with Crippen molar-refractivity contribution in [2.45, 2.75) is 38.3 Å². The fourth-order valence-corrected chi connectivity index (χ4v) is 3.87. The minimum absolute atomic E-state index is 0.0314. The lowest BCUT2D eigenvalue weighted by atomic mass is 10.0. The maximum absolute atomic E-state index is 13.3. The lowest BCUT2D eigenvalue weighted by molar-refractivity contribution is 0.226. The van der Waals surface area contributed by atoms with Gasteiger partial charge in [0.1, 0.15) is 17.7 Å². The van der Waals surface area contributed by atoms with Crippen LogP contribution >= 0.6 is 0 Å². The van der Waals surface area contributed by atoms with Crippen LogP contribution < -0.4 is 10.5 Å². The summed E-state index contributed by atoms with van der Waals surface area (Å²) in [5.74, 6) is 0.388. The van der Waals surface area contributed by atoms with Gasteiger partial charge in [0.15, 0.2) is 9.84 Å². The topological polar surface area (TPSA) is 69.4 Å². The van der Waals surface area contributed by atoms with Gasteiger partial charge in [0.25, 0.3) is 0 Å². The van der Waals surface area contributed by atoms with Gasteiger partial charge >= 0.3 is 0 Å². The first-order chi connectivity index (χ1) is 9.39. The monoisotopic (exact) mass is 301 g/mol. The number of sulfone groups is 1. The molecule has 1 aromatic carbocycles. The molecule has 2 atom stereocenters. The molecule has 2 N–H and O–H groups in total. The Morgan fingerprint density at radius 3 is 2.85 bits per heavy atom. The van der Waals surface area contributed by atoms with Crippen molar-refractivity contribution in [2.24, 2.45) is 5.73 Å². The summed E-state index contributed by atoms with van der Waals surface area (Å²) in [4.78, 5) is 0. The van der Waals surface area contributed by atoms with Crippen molar-refractivity contribution in [3.63, 3.8) is 0 Å². The van der Waals surface area contributed by atoms with Crippen LogP contribution in [0.5, 0.6) is 5.75 Å². The molecular formula is C14H20FNO3S. The summed E-state index contributed by atoms with van der Waals surface area (Å²) in [6, 6.07) is 4.22. The number of rotatable bonds is 5. The van der Waals surface area contributed by atoms with E-state index < -0.39 is 9.84 Å². The van der Waals surface area contributed by atoms with Gasteiger partial charge in [-0.3, -0.25) is 0 Å². The van der Waals surface area contributed by atoms with E-state index >= 15 is 0 Å². The van der Waals surface area contributed by atoms with Crippen molar-refractivity contribution < 1.29 is 17.5 Å². The van der Waals surface area contributed by atoms with E-state index in [0.29, 0.717) is 24.2 Å². The molecule has 2 unspecified atom stereocenters. The number of halogens is 1. The van der Waals surface area contributed by atoms with Crippen LogP contribution in [0.3, 0.4) is 0 Å². The molecule has 112 valence electrons. The lowest BCUT2D eigenvalue weighted by Crippen LogP contribution is -2.23. The molecule has 0 amide bonds. The van der Waals surface area contributed by atoms with Crippen LogP contribution in [0.4, 0.5) is 4.39 Å². The van der Waals surface area contributed by atoms with Gasteiger partial charge in [-0.2, -0.15) is 0 Å². The van der Waals surface area contributed by atoms with Gasteiger partial charge in [0.2, 0.25) is 0 Å². The predicted molar refractivity (Wildman–Crippen MR) is 76.1 cm³/mol. The maximum atomic E-state index is 13.3. The quantitative estimate of drug-likeness (QED) is 0.898. The van der Waals surface area contributed by atoms with E-state index in [1.807, 2.05) is 6.92 Å². The number of hydrogen-bond donors (Lipinski definition) is 1. The second kappa shape index (κ2) is 6.10. The number of ether oxygens (including phenoxy) is 1. The van der Waals surface area contributed by atoms with Crippen LogP contribution in [-0.2, 0) is 16.3 Å². The average Bonchev–Trinajstić information content (AvgIpc) is 2.72. The zero-order valence-electron chi connectivity index (χ0n) is 11.5. The van der Waals surface area contributed by atoms with Crippen molar-refractivity contribution in [1.82, 2.24) is 0 Å². The van der Waals surface area contributed by atoms with Gasteiger partial charge in [-0.25, -0.2) is 12.8 Å². The maximum Gasteiger partial charge on any atom is 0.154 e. The minimum Gasteiger partial charge on any atom is -0.489 e. The van der Waals surface area contributed by atoms with Crippen molar-refractivity contribution >= 4 is 9.84 Å². The van der Waals surface area contributed by atoms with E-state index in [-0.39, 0.29) is 29.5 Å². The molecular weight excluding hydrogens is 281 g/mol. The van der Waals surface area contributed by atoms with Crippen LogP contribution in [0.25, 0.3) is 0 Å². The molecule has 0 saturated carbocycles. The van der Waals surface area contributed by atoms with Crippen molar-refractivity contribution in [3.8, 4) is 5.75 Å². The second-order valence-electron chi connectivity index (χ2n) is 5.27. The fourth-order valence-electron chi connectivity index (χ4n) is 2.28. The van der Waals surface area contributed by atoms with E-state index in [9.17, 15) is 12.8 Å². The average molecular weight is 301 g/mol. The van der Waals surface area contributed by atoms with Gasteiger partial charge in [-0.05, 0) is 43.0 Å². The fraction of sp³-hybridized carbons (Fsp3) is 0.571. The highest BCUT2D eigenvalue weighted by molar-refractivity contribution is 7.91. The molecule has 0 radical (unpaired) electrons. The van der Waals surface area contributed by atoms with E-state index in [0.717, 1.165) is 6.42 Å². The SMILES string of the molecule is CCC(N)Cc1cc(F)ccc1OC1CCS(=O)(=O)C1. The molecule has 0 spiro atoms. The third-order valence-electron chi connectivity index (χ3n) is 3.51. The highest BCUT2D eigenvalue weighted by Crippen LogP contribution is 2.25. The van der Waals surface area contributed by atoms with Crippen LogP contribution in [0, 0.1) is 5.82 Å². The summed E-state index contributed by atoms with van der Waals surface area (Å²) in [5, 5.41) is 0. The van der Waals surface area contributed by atoms with Crippen LogP contribution in [0.1, 0.15) is 25.3 Å². The van der Waals surface area contributed by atoms with E-state index in [4.69, 9.17) is 10.5 Å². The molecule has 1 aromatic rings. The highest BCUT2D eigenvalue weighted by Gasteiger charge is 2.29. The Hall–Kier alpha value is -1.14. The number of benzene rings is 1. The van der Waals surface area contributed by atoms with Crippen molar-refractivity contribution in [1.29, 1.82) is 0 Å². The Balaban J connectivity index is 2.14. The zero-order valence-corrected chi connectivity index (χ0v) is 12.3. The van der Waals surface area contributed by atoms with Crippen LogP contribution in [0.15, 0.2) is 18.2 Å². The Bertz CT molecular complexity index is 574. The minimum atomic E-state index is -2.99. The molecule has 1 saturated heterocycles. The largest absolute Gasteiger partial charge is 0.489 e. The van der Waals surface area contributed by atoms with Crippen molar-refractivity contribution in [2.75, 3.05) is 11.5 Å². The number of nitrogens with two attached hydrogens (primary N) is 1. The molecule has 0 bridgehead atoms. The second-order valence-corrected chi connectivity index (χ2v) is 7.50. The molecule has 1 fully saturated rings. The summed E-state index contributed by atoms with van der Waals surface area (Å²) in [6.07, 6.45) is 1.44. The standard InChI is InChI=1S/C14H20FNO3S/c1-2-12(16)8-10-7-11(15)3-4-14(10)19-13-5-6-20(17,18)9-13/h3-4,7,12-13H,2,5-6,8-9,16H2,1H3. The first-order valence-corrected chi connectivity index (χ1v) is 8.63. The van der Waals surface area contributed by atoms with Crippen molar-refractivity contribution in [3.05, 3.63) is 29.6 Å².